The van der Waals surface area contributed by atoms with E-state index in [0.717, 1.165) is 6.42 Å². The second kappa shape index (κ2) is 11.3. The SMILES string of the molecule is CCCOC(=O)c1ccc(NC(=O)COC(=O)/C=C/c2ccccc2OC)cc1. The van der Waals surface area contributed by atoms with Crippen LogP contribution < -0.4 is 10.1 Å². The lowest BCUT2D eigenvalue weighted by Gasteiger charge is -2.07. The minimum Gasteiger partial charge on any atom is -0.496 e. The number of carbonyl (C=O) groups excluding carboxylic acids is 3. The molecule has 0 aliphatic heterocycles. The Bertz CT molecular complexity index is 873. The van der Waals surface area contributed by atoms with Gasteiger partial charge in [-0.15, -0.1) is 0 Å². The maximum absolute atomic E-state index is 11.9. The summed E-state index contributed by atoms with van der Waals surface area (Å²) in [5.74, 6) is -0.942. The van der Waals surface area contributed by atoms with E-state index in [1.54, 1.807) is 42.5 Å². The summed E-state index contributed by atoms with van der Waals surface area (Å²) in [7, 11) is 1.54. The lowest BCUT2D eigenvalue weighted by molar-refractivity contribution is -0.142. The first-order valence-electron chi connectivity index (χ1n) is 9.08. The van der Waals surface area contributed by atoms with E-state index < -0.39 is 24.5 Å². The Morgan fingerprint density at radius 2 is 1.72 bits per heavy atom. The molecule has 0 heterocycles. The highest BCUT2D eigenvalue weighted by molar-refractivity contribution is 5.95. The Kier molecular flexibility index (Phi) is 8.44. The van der Waals surface area contributed by atoms with Crippen molar-refractivity contribution >= 4 is 29.6 Å². The van der Waals surface area contributed by atoms with Crippen LogP contribution in [-0.4, -0.2) is 38.2 Å². The molecule has 2 rings (SSSR count). The standard InChI is InChI=1S/C22H23NO6/c1-3-14-28-22(26)17-8-11-18(12-9-17)23-20(24)15-29-21(25)13-10-16-6-4-5-7-19(16)27-2/h4-13H,3,14-15H2,1-2H3,(H,23,24)/b13-10+. The summed E-state index contributed by atoms with van der Waals surface area (Å²) in [6, 6.07) is 13.4. The van der Waals surface area contributed by atoms with Crippen LogP contribution in [0, 0.1) is 0 Å². The number of methoxy groups -OCH3 is 1. The van der Waals surface area contributed by atoms with Crippen LogP contribution in [0.15, 0.2) is 54.6 Å². The van der Waals surface area contributed by atoms with Gasteiger partial charge in [0.1, 0.15) is 5.75 Å². The van der Waals surface area contributed by atoms with E-state index in [2.05, 4.69) is 5.32 Å². The van der Waals surface area contributed by atoms with Crippen molar-refractivity contribution < 1.29 is 28.6 Å². The molecular weight excluding hydrogens is 374 g/mol. The van der Waals surface area contributed by atoms with E-state index in [-0.39, 0.29) is 0 Å². The molecule has 0 aliphatic rings. The zero-order chi connectivity index (χ0) is 21.1. The van der Waals surface area contributed by atoms with Crippen molar-refractivity contribution in [3.63, 3.8) is 0 Å². The van der Waals surface area contributed by atoms with Crippen molar-refractivity contribution in [3.05, 3.63) is 65.7 Å². The van der Waals surface area contributed by atoms with Gasteiger partial charge in [0.25, 0.3) is 5.91 Å². The molecule has 152 valence electrons. The third kappa shape index (κ3) is 7.14. The number of rotatable bonds is 9. The van der Waals surface area contributed by atoms with Crippen molar-refractivity contribution in [2.75, 3.05) is 25.6 Å². The van der Waals surface area contributed by atoms with Crippen LogP contribution in [0.25, 0.3) is 6.08 Å². The maximum Gasteiger partial charge on any atom is 0.338 e. The van der Waals surface area contributed by atoms with Crippen LogP contribution in [0.5, 0.6) is 5.75 Å². The van der Waals surface area contributed by atoms with Crippen molar-refractivity contribution in [1.29, 1.82) is 0 Å². The largest absolute Gasteiger partial charge is 0.496 e. The first-order valence-corrected chi connectivity index (χ1v) is 9.08. The van der Waals surface area contributed by atoms with E-state index >= 15 is 0 Å². The van der Waals surface area contributed by atoms with Crippen LogP contribution in [0.3, 0.4) is 0 Å². The fourth-order valence-corrected chi connectivity index (χ4v) is 2.31. The van der Waals surface area contributed by atoms with Gasteiger partial charge in [0.2, 0.25) is 0 Å². The molecule has 0 saturated heterocycles. The molecule has 29 heavy (non-hydrogen) atoms. The quantitative estimate of drug-likeness (QED) is 0.515. The van der Waals surface area contributed by atoms with Crippen molar-refractivity contribution in [1.82, 2.24) is 0 Å². The molecule has 2 aromatic carbocycles. The molecule has 0 aliphatic carbocycles. The summed E-state index contributed by atoms with van der Waals surface area (Å²) < 4.78 is 15.1. The van der Waals surface area contributed by atoms with Gasteiger partial charge in [0.15, 0.2) is 6.61 Å². The Morgan fingerprint density at radius 1 is 1.00 bits per heavy atom. The molecule has 1 amide bonds. The summed E-state index contributed by atoms with van der Waals surface area (Å²) in [5, 5.41) is 2.59. The van der Waals surface area contributed by atoms with Crippen molar-refractivity contribution in [2.45, 2.75) is 13.3 Å². The van der Waals surface area contributed by atoms with Crippen LogP contribution in [0.4, 0.5) is 5.69 Å². The highest BCUT2D eigenvalue weighted by atomic mass is 16.5. The second-order valence-electron chi connectivity index (χ2n) is 5.94. The highest BCUT2D eigenvalue weighted by Crippen LogP contribution is 2.18. The first-order chi connectivity index (χ1) is 14.0. The van der Waals surface area contributed by atoms with Crippen LogP contribution in [-0.2, 0) is 19.1 Å². The minimum absolute atomic E-state index is 0.355. The number of hydrogen-bond donors (Lipinski definition) is 1. The predicted octanol–water partition coefficient (Wildman–Crippen LogP) is 3.46. The summed E-state index contributed by atoms with van der Waals surface area (Å²) in [6.45, 7) is 1.83. The van der Waals surface area contributed by atoms with E-state index in [9.17, 15) is 14.4 Å². The molecule has 0 fully saturated rings. The van der Waals surface area contributed by atoms with Gasteiger partial charge in [-0.1, -0.05) is 25.1 Å². The van der Waals surface area contributed by atoms with Gasteiger partial charge in [-0.05, 0) is 42.8 Å². The second-order valence-corrected chi connectivity index (χ2v) is 5.94. The van der Waals surface area contributed by atoms with E-state index in [0.29, 0.717) is 29.2 Å². The van der Waals surface area contributed by atoms with E-state index in [4.69, 9.17) is 14.2 Å². The number of esters is 2. The fourth-order valence-electron chi connectivity index (χ4n) is 2.31. The van der Waals surface area contributed by atoms with Crippen molar-refractivity contribution in [3.8, 4) is 5.75 Å². The maximum atomic E-state index is 11.9. The van der Waals surface area contributed by atoms with Crippen LogP contribution >= 0.6 is 0 Å². The van der Waals surface area contributed by atoms with Gasteiger partial charge in [-0.2, -0.15) is 0 Å². The van der Waals surface area contributed by atoms with Crippen LogP contribution in [0.2, 0.25) is 0 Å². The Labute approximate surface area is 169 Å². The van der Waals surface area contributed by atoms with Gasteiger partial charge in [-0.3, -0.25) is 4.79 Å². The molecule has 0 radical (unpaired) electrons. The third-order valence-corrected chi connectivity index (χ3v) is 3.73. The lowest BCUT2D eigenvalue weighted by Crippen LogP contribution is -2.20. The molecular formula is C22H23NO6. The number of nitrogens with one attached hydrogen (secondary N) is 1. The summed E-state index contributed by atoms with van der Waals surface area (Å²) >= 11 is 0. The predicted molar refractivity (Wildman–Crippen MR) is 109 cm³/mol. The lowest BCUT2D eigenvalue weighted by atomic mass is 10.2. The molecule has 2 aromatic rings. The average molecular weight is 397 g/mol. The molecule has 0 atom stereocenters. The zero-order valence-corrected chi connectivity index (χ0v) is 16.3. The molecule has 0 unspecified atom stereocenters. The molecule has 1 N–H and O–H groups in total. The van der Waals surface area contributed by atoms with Gasteiger partial charge in [-0.25, -0.2) is 9.59 Å². The number of ether oxygens (including phenoxy) is 3. The van der Waals surface area contributed by atoms with Crippen molar-refractivity contribution in [2.24, 2.45) is 0 Å². The molecule has 7 heteroatoms. The summed E-state index contributed by atoms with van der Waals surface area (Å²) in [5.41, 5.74) is 1.58. The normalized spacial score (nSPS) is 10.4. The Hall–Kier alpha value is -3.61. The smallest absolute Gasteiger partial charge is 0.338 e. The molecule has 7 nitrogen and oxygen atoms in total. The summed E-state index contributed by atoms with van der Waals surface area (Å²) in [4.78, 5) is 35.5. The first kappa shape index (κ1) is 21.7. The van der Waals surface area contributed by atoms with Gasteiger partial charge in [0, 0.05) is 17.3 Å². The highest BCUT2D eigenvalue weighted by Gasteiger charge is 2.09. The average Bonchev–Trinajstić information content (AvgIpc) is 2.75. The molecule has 0 aromatic heterocycles. The van der Waals surface area contributed by atoms with E-state index in [1.807, 2.05) is 19.1 Å². The summed E-state index contributed by atoms with van der Waals surface area (Å²) in [6.07, 6.45) is 3.52. The number of hydrogen-bond acceptors (Lipinski definition) is 6. The van der Waals surface area contributed by atoms with E-state index in [1.165, 1.54) is 13.2 Å². The van der Waals surface area contributed by atoms with Gasteiger partial charge in [0.05, 0.1) is 19.3 Å². The Morgan fingerprint density at radius 3 is 2.41 bits per heavy atom. The number of amides is 1. The third-order valence-electron chi connectivity index (χ3n) is 3.73. The number of carbonyl (C=O) groups is 3. The topological polar surface area (TPSA) is 90.9 Å². The van der Waals surface area contributed by atoms with Gasteiger partial charge >= 0.3 is 11.9 Å². The zero-order valence-electron chi connectivity index (χ0n) is 16.3. The molecule has 0 spiro atoms. The van der Waals surface area contributed by atoms with Crippen LogP contribution in [0.1, 0.15) is 29.3 Å². The monoisotopic (exact) mass is 397 g/mol. The number of benzene rings is 2. The fraction of sp³-hybridized carbons (Fsp3) is 0.227. The number of para-hydroxylation sites is 1. The number of anilines is 1. The molecule has 0 bridgehead atoms. The minimum atomic E-state index is -0.653. The molecule has 0 saturated carbocycles. The van der Waals surface area contributed by atoms with Gasteiger partial charge < -0.3 is 19.5 Å². The Balaban J connectivity index is 1.81.